The van der Waals surface area contributed by atoms with Crippen molar-refractivity contribution in [3.8, 4) is 0 Å². The molecule has 22 heavy (non-hydrogen) atoms. The molecular weight excluding hydrogens is 298 g/mol. The van der Waals surface area contributed by atoms with Crippen LogP contribution in [0.5, 0.6) is 0 Å². The highest BCUT2D eigenvalue weighted by Crippen LogP contribution is 2.22. The zero-order chi connectivity index (χ0) is 16.1. The molecule has 0 unspecified atom stereocenters. The Morgan fingerprint density at radius 1 is 1.00 bits per heavy atom. The highest BCUT2D eigenvalue weighted by Gasteiger charge is 2.35. The van der Waals surface area contributed by atoms with Crippen molar-refractivity contribution >= 4 is 26.3 Å². The van der Waals surface area contributed by atoms with E-state index in [9.17, 15) is 9.59 Å². The minimum absolute atomic E-state index is 0.189. The summed E-state index contributed by atoms with van der Waals surface area (Å²) in [4.78, 5) is 26.1. The molecule has 1 aromatic rings. The fourth-order valence-corrected chi connectivity index (χ4v) is 4.16. The van der Waals surface area contributed by atoms with Crippen LogP contribution < -0.4 is 5.19 Å². The molecule has 1 aromatic carbocycles. The molecule has 0 atom stereocenters. The molecule has 0 saturated carbocycles. The van der Waals surface area contributed by atoms with Gasteiger partial charge in [-0.15, -0.1) is 0 Å². The number of imide groups is 1. The van der Waals surface area contributed by atoms with E-state index in [4.69, 9.17) is 8.85 Å². The average Bonchev–Trinajstić information content (AvgIpc) is 2.76. The maximum Gasteiger partial charge on any atom is 0.355 e. The lowest BCUT2D eigenvalue weighted by molar-refractivity contribution is 0.0652. The molecule has 0 bridgehead atoms. The predicted molar refractivity (Wildman–Crippen MR) is 86.8 cm³/mol. The molecule has 0 radical (unpaired) electrons. The summed E-state index contributed by atoms with van der Waals surface area (Å²) >= 11 is 0. The van der Waals surface area contributed by atoms with Crippen LogP contribution in [0, 0.1) is 0 Å². The van der Waals surface area contributed by atoms with E-state index in [2.05, 4.69) is 0 Å². The Labute approximate surface area is 133 Å². The van der Waals surface area contributed by atoms with E-state index in [1.54, 1.807) is 12.1 Å². The van der Waals surface area contributed by atoms with Crippen LogP contribution in [0.4, 0.5) is 0 Å². The largest absolute Gasteiger partial charge is 0.394 e. The van der Waals surface area contributed by atoms with Crippen molar-refractivity contribution in [2.24, 2.45) is 0 Å². The Bertz CT molecular complexity index is 555. The first-order chi connectivity index (χ1) is 10.6. The number of amides is 2. The first kappa shape index (κ1) is 16.9. The standard InChI is InChI=1S/C16H23NO4Si/c1-4-7-10-17-15(18)13-9-8-12(11-14(13)16(17)19)22(20-5-2)21-6-3/h8-9,11,22H,4-7,10H2,1-3H3. The lowest BCUT2D eigenvalue weighted by Crippen LogP contribution is -2.37. The first-order valence-corrected chi connectivity index (χ1v) is 9.39. The second kappa shape index (κ2) is 7.67. The fraction of sp³-hybridized carbons (Fsp3) is 0.500. The number of benzene rings is 1. The molecule has 2 amide bonds. The predicted octanol–water partition coefficient (Wildman–Crippen LogP) is 1.58. The Hall–Kier alpha value is -1.50. The van der Waals surface area contributed by atoms with Crippen molar-refractivity contribution in [1.29, 1.82) is 0 Å². The van der Waals surface area contributed by atoms with E-state index in [1.165, 1.54) is 4.90 Å². The SMILES string of the molecule is CCCCN1C(=O)c2ccc([SiH](OCC)OCC)cc2C1=O. The van der Waals surface area contributed by atoms with Gasteiger partial charge in [0.25, 0.3) is 11.8 Å². The van der Waals surface area contributed by atoms with Crippen LogP contribution in [0.1, 0.15) is 54.3 Å². The summed E-state index contributed by atoms with van der Waals surface area (Å²) in [5.41, 5.74) is 0.973. The molecule has 120 valence electrons. The Kier molecular flexibility index (Phi) is 5.88. The van der Waals surface area contributed by atoms with E-state index in [0.717, 1.165) is 18.0 Å². The summed E-state index contributed by atoms with van der Waals surface area (Å²) in [5.74, 6) is -0.387. The molecule has 0 fully saturated rings. The number of unbranched alkanes of at least 4 members (excludes halogenated alkanes) is 1. The zero-order valence-corrected chi connectivity index (χ0v) is 14.6. The molecule has 0 N–H and O–H groups in total. The highest BCUT2D eigenvalue weighted by atomic mass is 28.3. The number of hydrogen-bond donors (Lipinski definition) is 0. The van der Waals surface area contributed by atoms with Gasteiger partial charge < -0.3 is 8.85 Å². The van der Waals surface area contributed by atoms with Gasteiger partial charge in [-0.3, -0.25) is 14.5 Å². The number of carbonyl (C=O) groups excluding carboxylic acids is 2. The smallest absolute Gasteiger partial charge is 0.355 e. The average molecular weight is 321 g/mol. The molecule has 1 aliphatic rings. The van der Waals surface area contributed by atoms with Gasteiger partial charge in [-0.25, -0.2) is 0 Å². The highest BCUT2D eigenvalue weighted by molar-refractivity contribution is 6.61. The van der Waals surface area contributed by atoms with Crippen LogP contribution in [0.2, 0.25) is 0 Å². The Balaban J connectivity index is 2.27. The number of rotatable bonds is 8. The van der Waals surface area contributed by atoms with Gasteiger partial charge in [-0.1, -0.05) is 19.4 Å². The summed E-state index contributed by atoms with van der Waals surface area (Å²) in [6.45, 7) is 7.51. The lowest BCUT2D eigenvalue weighted by atomic mass is 10.1. The van der Waals surface area contributed by atoms with Crippen LogP contribution in [0.3, 0.4) is 0 Å². The molecule has 0 aromatic heterocycles. The normalized spacial score (nSPS) is 14.1. The van der Waals surface area contributed by atoms with E-state index < -0.39 is 9.28 Å². The van der Waals surface area contributed by atoms with Crippen LogP contribution in [-0.4, -0.2) is 45.8 Å². The third kappa shape index (κ3) is 3.29. The van der Waals surface area contributed by atoms with Gasteiger partial charge in [0, 0.05) is 19.8 Å². The van der Waals surface area contributed by atoms with Crippen LogP contribution in [-0.2, 0) is 8.85 Å². The monoisotopic (exact) mass is 321 g/mol. The number of fused-ring (bicyclic) bond motifs is 1. The maximum absolute atomic E-state index is 12.4. The third-order valence-electron chi connectivity index (χ3n) is 3.64. The van der Waals surface area contributed by atoms with Gasteiger partial charge in [0.05, 0.1) is 11.1 Å². The summed E-state index contributed by atoms with van der Waals surface area (Å²) in [7, 11) is -2.00. The molecule has 1 aliphatic heterocycles. The minimum atomic E-state index is -2.00. The van der Waals surface area contributed by atoms with E-state index in [-0.39, 0.29) is 11.8 Å². The quantitative estimate of drug-likeness (QED) is 0.539. The van der Waals surface area contributed by atoms with E-state index in [0.29, 0.717) is 30.9 Å². The molecule has 1 heterocycles. The van der Waals surface area contributed by atoms with Crippen molar-refractivity contribution in [3.63, 3.8) is 0 Å². The van der Waals surface area contributed by atoms with Crippen molar-refractivity contribution in [3.05, 3.63) is 29.3 Å². The third-order valence-corrected chi connectivity index (χ3v) is 5.81. The first-order valence-electron chi connectivity index (χ1n) is 7.87. The van der Waals surface area contributed by atoms with Gasteiger partial charge in [-0.05, 0) is 37.6 Å². The summed E-state index contributed by atoms with van der Waals surface area (Å²) < 4.78 is 11.4. The maximum atomic E-state index is 12.4. The lowest BCUT2D eigenvalue weighted by Gasteiger charge is -2.15. The Morgan fingerprint density at radius 3 is 2.23 bits per heavy atom. The molecular formula is C16H23NO4Si. The van der Waals surface area contributed by atoms with Gasteiger partial charge in [0.15, 0.2) is 0 Å². The van der Waals surface area contributed by atoms with Gasteiger partial charge in [0.1, 0.15) is 0 Å². The van der Waals surface area contributed by atoms with Crippen molar-refractivity contribution < 1.29 is 18.4 Å². The van der Waals surface area contributed by atoms with Crippen molar-refractivity contribution in [2.45, 2.75) is 33.6 Å². The fourth-order valence-electron chi connectivity index (χ4n) is 2.52. The molecule has 5 nitrogen and oxygen atoms in total. The zero-order valence-electron chi connectivity index (χ0n) is 13.4. The van der Waals surface area contributed by atoms with Gasteiger partial charge in [0.2, 0.25) is 0 Å². The summed E-state index contributed by atoms with van der Waals surface area (Å²) in [6.07, 6.45) is 1.77. The molecule has 0 aliphatic carbocycles. The number of carbonyl (C=O) groups is 2. The molecule has 6 heteroatoms. The minimum Gasteiger partial charge on any atom is -0.394 e. The van der Waals surface area contributed by atoms with Crippen molar-refractivity contribution in [2.75, 3.05) is 19.8 Å². The summed E-state index contributed by atoms with van der Waals surface area (Å²) in [5, 5.41) is 0.904. The van der Waals surface area contributed by atoms with Crippen LogP contribution >= 0.6 is 0 Å². The van der Waals surface area contributed by atoms with E-state index >= 15 is 0 Å². The van der Waals surface area contributed by atoms with Crippen LogP contribution in [0.15, 0.2) is 18.2 Å². The summed E-state index contributed by atoms with van der Waals surface area (Å²) in [6, 6.07) is 5.37. The second-order valence-corrected chi connectivity index (χ2v) is 7.16. The van der Waals surface area contributed by atoms with E-state index in [1.807, 2.05) is 26.8 Å². The van der Waals surface area contributed by atoms with Crippen molar-refractivity contribution in [1.82, 2.24) is 4.90 Å². The van der Waals surface area contributed by atoms with Gasteiger partial charge in [-0.2, -0.15) is 0 Å². The molecule has 0 saturated heterocycles. The topological polar surface area (TPSA) is 55.8 Å². The molecule has 0 spiro atoms. The van der Waals surface area contributed by atoms with Crippen LogP contribution in [0.25, 0.3) is 0 Å². The second-order valence-electron chi connectivity index (χ2n) is 5.16. The molecule has 2 rings (SSSR count). The van der Waals surface area contributed by atoms with Gasteiger partial charge >= 0.3 is 9.28 Å². The number of hydrogen-bond acceptors (Lipinski definition) is 4. The Morgan fingerprint density at radius 2 is 1.64 bits per heavy atom. The number of nitrogens with zero attached hydrogens (tertiary/aromatic N) is 1.